The molecule has 0 saturated carbocycles. The molecule has 1 aromatic heterocycles. The summed E-state index contributed by atoms with van der Waals surface area (Å²) in [6, 6.07) is 1.78. The number of anilines is 1. The van der Waals surface area contributed by atoms with Gasteiger partial charge in [0.15, 0.2) is 0 Å². The third-order valence-corrected chi connectivity index (χ3v) is 5.73. The maximum absolute atomic E-state index is 11.9. The summed E-state index contributed by atoms with van der Waals surface area (Å²) in [5.74, 6) is 0.0439. The topological polar surface area (TPSA) is 99.8 Å². The first-order chi connectivity index (χ1) is 11.7. The highest BCUT2D eigenvalue weighted by molar-refractivity contribution is 5.98. The molecule has 2 aliphatic rings. The third kappa shape index (κ3) is 3.20. The number of nitrogens with two attached hydrogens (primary N) is 1. The molecule has 7 nitrogen and oxygen atoms in total. The fourth-order valence-corrected chi connectivity index (χ4v) is 3.90. The van der Waals surface area contributed by atoms with Crippen LogP contribution >= 0.6 is 0 Å². The van der Waals surface area contributed by atoms with E-state index < -0.39 is 11.5 Å². The van der Waals surface area contributed by atoms with Gasteiger partial charge in [0.05, 0.1) is 11.2 Å². The number of amides is 2. The SMILES string of the molecule is CC(=O)N1CC[C@]2(O)CCN(c3nc(C)c(C)cc3C(N)=O)C[C@@H]2C1. The van der Waals surface area contributed by atoms with Crippen molar-refractivity contribution in [2.75, 3.05) is 31.1 Å². The number of primary amides is 1. The van der Waals surface area contributed by atoms with E-state index in [0.29, 0.717) is 50.4 Å². The van der Waals surface area contributed by atoms with Gasteiger partial charge in [-0.3, -0.25) is 9.59 Å². The van der Waals surface area contributed by atoms with Crippen molar-refractivity contribution in [3.05, 3.63) is 22.9 Å². The van der Waals surface area contributed by atoms with Crippen LogP contribution in [0.15, 0.2) is 6.07 Å². The van der Waals surface area contributed by atoms with Crippen LogP contribution in [0.4, 0.5) is 5.82 Å². The molecule has 0 radical (unpaired) electrons. The largest absolute Gasteiger partial charge is 0.389 e. The van der Waals surface area contributed by atoms with E-state index in [-0.39, 0.29) is 11.8 Å². The normalized spacial score (nSPS) is 26.3. The Hall–Kier alpha value is -2.15. The summed E-state index contributed by atoms with van der Waals surface area (Å²) in [5.41, 5.74) is 6.99. The summed E-state index contributed by atoms with van der Waals surface area (Å²) in [4.78, 5) is 32.0. The van der Waals surface area contributed by atoms with Gasteiger partial charge in [0.2, 0.25) is 5.91 Å². The van der Waals surface area contributed by atoms with Crippen molar-refractivity contribution in [1.29, 1.82) is 0 Å². The minimum absolute atomic E-state index is 0.0290. The minimum atomic E-state index is -0.755. The smallest absolute Gasteiger partial charge is 0.252 e. The second kappa shape index (κ2) is 6.29. The molecule has 0 unspecified atom stereocenters. The van der Waals surface area contributed by atoms with Gasteiger partial charge in [-0.15, -0.1) is 0 Å². The summed E-state index contributed by atoms with van der Waals surface area (Å²) >= 11 is 0. The molecule has 2 saturated heterocycles. The number of carbonyl (C=O) groups is 2. The number of aryl methyl sites for hydroxylation is 2. The van der Waals surface area contributed by atoms with Crippen molar-refractivity contribution in [1.82, 2.24) is 9.88 Å². The third-order valence-electron chi connectivity index (χ3n) is 5.73. The quantitative estimate of drug-likeness (QED) is 0.817. The molecule has 25 heavy (non-hydrogen) atoms. The lowest BCUT2D eigenvalue weighted by Crippen LogP contribution is -2.60. The average molecular weight is 346 g/mol. The van der Waals surface area contributed by atoms with E-state index in [1.807, 2.05) is 18.7 Å². The van der Waals surface area contributed by atoms with E-state index in [1.165, 1.54) is 0 Å². The number of rotatable bonds is 2. The van der Waals surface area contributed by atoms with E-state index in [4.69, 9.17) is 5.73 Å². The molecule has 0 bridgehead atoms. The molecular formula is C18H26N4O3. The molecule has 2 aliphatic heterocycles. The van der Waals surface area contributed by atoms with Crippen molar-refractivity contribution in [3.8, 4) is 0 Å². The van der Waals surface area contributed by atoms with Gasteiger partial charge in [0, 0.05) is 44.7 Å². The molecule has 0 spiro atoms. The molecule has 0 aliphatic carbocycles. The van der Waals surface area contributed by atoms with E-state index in [1.54, 1.807) is 17.9 Å². The van der Waals surface area contributed by atoms with Crippen molar-refractivity contribution >= 4 is 17.6 Å². The number of aromatic nitrogens is 1. The maximum atomic E-state index is 11.9. The van der Waals surface area contributed by atoms with E-state index in [0.717, 1.165) is 11.3 Å². The molecule has 2 atom stereocenters. The van der Waals surface area contributed by atoms with Crippen LogP contribution in [-0.4, -0.2) is 58.6 Å². The van der Waals surface area contributed by atoms with Crippen LogP contribution in [0.2, 0.25) is 0 Å². The van der Waals surface area contributed by atoms with Crippen LogP contribution in [0.5, 0.6) is 0 Å². The molecule has 0 aromatic carbocycles. The number of pyridine rings is 1. The van der Waals surface area contributed by atoms with Crippen LogP contribution in [-0.2, 0) is 4.79 Å². The fraction of sp³-hybridized carbons (Fsp3) is 0.611. The van der Waals surface area contributed by atoms with Crippen LogP contribution in [0.25, 0.3) is 0 Å². The summed E-state index contributed by atoms with van der Waals surface area (Å²) in [6.45, 7) is 7.65. The summed E-state index contributed by atoms with van der Waals surface area (Å²) in [7, 11) is 0. The molecule has 3 rings (SSSR count). The highest BCUT2D eigenvalue weighted by atomic mass is 16.3. The zero-order chi connectivity index (χ0) is 18.4. The summed E-state index contributed by atoms with van der Waals surface area (Å²) in [6.07, 6.45) is 1.18. The fourth-order valence-electron chi connectivity index (χ4n) is 3.90. The van der Waals surface area contributed by atoms with E-state index in [9.17, 15) is 14.7 Å². The number of carbonyl (C=O) groups excluding carboxylic acids is 2. The van der Waals surface area contributed by atoms with Crippen LogP contribution in [0, 0.1) is 19.8 Å². The highest BCUT2D eigenvalue weighted by Gasteiger charge is 2.46. The van der Waals surface area contributed by atoms with Gasteiger partial charge in [-0.25, -0.2) is 4.98 Å². The highest BCUT2D eigenvalue weighted by Crippen LogP contribution is 2.37. The van der Waals surface area contributed by atoms with E-state index in [2.05, 4.69) is 4.98 Å². The maximum Gasteiger partial charge on any atom is 0.252 e. The van der Waals surface area contributed by atoms with Gasteiger partial charge in [-0.1, -0.05) is 0 Å². The lowest BCUT2D eigenvalue weighted by atomic mass is 9.75. The number of hydrogen-bond acceptors (Lipinski definition) is 5. The molecular weight excluding hydrogens is 320 g/mol. The number of nitrogens with zero attached hydrogens (tertiary/aromatic N) is 3. The molecule has 2 fully saturated rings. The first-order valence-corrected chi connectivity index (χ1v) is 8.72. The number of likely N-dealkylation sites (tertiary alicyclic amines) is 1. The second-order valence-corrected chi connectivity index (χ2v) is 7.34. The van der Waals surface area contributed by atoms with Crippen LogP contribution in [0.1, 0.15) is 41.4 Å². The van der Waals surface area contributed by atoms with Gasteiger partial charge in [-0.05, 0) is 38.3 Å². The Morgan fingerprint density at radius 2 is 1.96 bits per heavy atom. The number of fused-ring (bicyclic) bond motifs is 1. The second-order valence-electron chi connectivity index (χ2n) is 7.34. The van der Waals surface area contributed by atoms with Crippen molar-refractivity contribution in [3.63, 3.8) is 0 Å². The summed E-state index contributed by atoms with van der Waals surface area (Å²) < 4.78 is 0. The van der Waals surface area contributed by atoms with Crippen LogP contribution < -0.4 is 10.6 Å². The Bertz CT molecular complexity index is 721. The number of hydrogen-bond donors (Lipinski definition) is 2. The standard InChI is InChI=1S/C18H26N4O3/c1-11-8-15(16(19)24)17(20-12(11)2)22-7-5-18(25)4-6-21(13(3)23)9-14(18)10-22/h8,14,25H,4-7,9-10H2,1-3H3,(H2,19,24)/t14-,18-/m0/s1. The molecule has 136 valence electrons. The number of aliphatic hydroxyl groups is 1. The first kappa shape index (κ1) is 17.7. The van der Waals surface area contributed by atoms with Crippen LogP contribution in [0.3, 0.4) is 0 Å². The van der Waals surface area contributed by atoms with Gasteiger partial charge < -0.3 is 20.6 Å². The van der Waals surface area contributed by atoms with Gasteiger partial charge in [0.25, 0.3) is 5.91 Å². The van der Waals surface area contributed by atoms with E-state index >= 15 is 0 Å². The predicted molar refractivity (Wildman–Crippen MR) is 94.4 cm³/mol. The minimum Gasteiger partial charge on any atom is -0.389 e. The monoisotopic (exact) mass is 346 g/mol. The molecule has 7 heteroatoms. The van der Waals surface area contributed by atoms with Crippen molar-refractivity contribution in [2.24, 2.45) is 11.7 Å². The lowest BCUT2D eigenvalue weighted by Gasteiger charge is -2.50. The van der Waals surface area contributed by atoms with Gasteiger partial charge in [-0.2, -0.15) is 0 Å². The Morgan fingerprint density at radius 3 is 2.60 bits per heavy atom. The average Bonchev–Trinajstić information content (AvgIpc) is 2.55. The molecule has 3 N–H and O–H groups in total. The Kier molecular flexibility index (Phi) is 4.45. The Balaban J connectivity index is 1.89. The Morgan fingerprint density at radius 1 is 1.28 bits per heavy atom. The first-order valence-electron chi connectivity index (χ1n) is 8.72. The zero-order valence-electron chi connectivity index (χ0n) is 15.1. The van der Waals surface area contributed by atoms with Crippen molar-refractivity contribution in [2.45, 2.75) is 39.2 Å². The molecule has 3 heterocycles. The predicted octanol–water partition coefficient (Wildman–Crippen LogP) is 0.607. The summed E-state index contributed by atoms with van der Waals surface area (Å²) in [5, 5.41) is 11.0. The zero-order valence-corrected chi connectivity index (χ0v) is 15.1. The Labute approximate surface area is 147 Å². The van der Waals surface area contributed by atoms with Gasteiger partial charge >= 0.3 is 0 Å². The van der Waals surface area contributed by atoms with Crippen molar-refractivity contribution < 1.29 is 14.7 Å². The lowest BCUT2D eigenvalue weighted by molar-refractivity contribution is -0.139. The molecule has 1 aromatic rings. The molecule has 2 amide bonds. The van der Waals surface area contributed by atoms with Gasteiger partial charge in [0.1, 0.15) is 5.82 Å². The number of piperidine rings is 2.